The van der Waals surface area contributed by atoms with Crippen molar-refractivity contribution in [3.63, 3.8) is 0 Å². The number of nitrogens with zero attached hydrogens (tertiary/aromatic N) is 2. The van der Waals surface area contributed by atoms with Gasteiger partial charge in [-0.05, 0) is 49.3 Å². The Hall–Kier alpha value is -4.06. The molecule has 1 radical (unpaired) electrons. The number of aliphatic hydroxyl groups excluding tert-OH is 1. The molecule has 6 rings (SSSR count). The van der Waals surface area contributed by atoms with E-state index in [1.807, 2.05) is 65.8 Å². The molecule has 2 aromatic carbocycles. The van der Waals surface area contributed by atoms with Crippen molar-refractivity contribution in [1.29, 1.82) is 0 Å². The fraction of sp³-hybridized carbons (Fsp3) is 0.372. The molecule has 0 amide bonds. The van der Waals surface area contributed by atoms with Crippen LogP contribution in [0, 0.1) is 16.9 Å². The predicted molar refractivity (Wildman–Crippen MR) is 201 cm³/mol. The van der Waals surface area contributed by atoms with Crippen LogP contribution in [0.15, 0.2) is 93.9 Å². The van der Waals surface area contributed by atoms with E-state index in [9.17, 15) is 9.90 Å². The number of hydrogen-bond donors (Lipinski definition) is 1. The maximum Gasteiger partial charge on any atom is 0.164 e. The molecule has 1 N–H and O–H groups in total. The number of aromatic nitrogens is 2. The maximum absolute atomic E-state index is 12.2. The number of hydrogen-bond acceptors (Lipinski definition) is 6. The molecule has 6 aromatic rings. The van der Waals surface area contributed by atoms with Gasteiger partial charge in [-0.2, -0.15) is 0 Å². The molecule has 0 saturated carbocycles. The number of ketones is 1. The first-order chi connectivity index (χ1) is 23.3. The predicted octanol–water partition coefficient (Wildman–Crippen LogP) is 12.2. The number of fused-ring (bicyclic) bond motifs is 3. The first kappa shape index (κ1) is 38.7. The summed E-state index contributed by atoms with van der Waals surface area (Å²) in [6, 6.07) is 21.9. The Morgan fingerprint density at radius 1 is 0.840 bits per heavy atom. The molecule has 4 aromatic heterocycles. The van der Waals surface area contributed by atoms with Gasteiger partial charge in [0.1, 0.15) is 22.6 Å². The van der Waals surface area contributed by atoms with Gasteiger partial charge in [-0.3, -0.25) is 14.8 Å². The van der Waals surface area contributed by atoms with E-state index in [1.165, 1.54) is 17.0 Å². The Labute approximate surface area is 309 Å². The summed E-state index contributed by atoms with van der Waals surface area (Å²) >= 11 is 0. The SMILES string of the molecule is CC(C)(C)c1cc(-c2nccc3oc(-c4cc5occc5cn4)cc23)[c-]c2ccccc12.CCC(C)(CC)C(=O)/C=C(\O)C(C)(CC)CC.[Ir]. The summed E-state index contributed by atoms with van der Waals surface area (Å²) in [5, 5.41) is 14.3. The summed E-state index contributed by atoms with van der Waals surface area (Å²) in [6.07, 6.45) is 10.0. The van der Waals surface area contributed by atoms with Crippen LogP contribution < -0.4 is 0 Å². The molecule has 6 nitrogen and oxygen atoms in total. The van der Waals surface area contributed by atoms with Crippen molar-refractivity contribution in [2.45, 2.75) is 93.4 Å². The minimum Gasteiger partial charge on any atom is -0.512 e. The second-order valence-electron chi connectivity index (χ2n) is 14.5. The molecule has 0 aliphatic heterocycles. The van der Waals surface area contributed by atoms with Crippen LogP contribution in [0.1, 0.15) is 93.6 Å². The van der Waals surface area contributed by atoms with Gasteiger partial charge in [-0.15, -0.1) is 29.1 Å². The first-order valence-electron chi connectivity index (χ1n) is 17.4. The third-order valence-corrected chi connectivity index (χ3v) is 10.5. The molecule has 50 heavy (non-hydrogen) atoms. The number of pyridine rings is 2. The van der Waals surface area contributed by atoms with Crippen LogP contribution in [0.4, 0.5) is 0 Å². The first-order valence-corrected chi connectivity index (χ1v) is 17.4. The fourth-order valence-corrected chi connectivity index (χ4v) is 5.96. The molecule has 0 aliphatic rings. The van der Waals surface area contributed by atoms with Crippen LogP contribution >= 0.6 is 0 Å². The molecule has 0 atom stereocenters. The van der Waals surface area contributed by atoms with Crippen molar-refractivity contribution < 1.29 is 38.8 Å². The summed E-state index contributed by atoms with van der Waals surface area (Å²) in [5.74, 6) is 0.970. The Bertz CT molecular complexity index is 2120. The van der Waals surface area contributed by atoms with Crippen molar-refractivity contribution >= 4 is 38.5 Å². The zero-order valence-corrected chi connectivity index (χ0v) is 33.1. The smallest absolute Gasteiger partial charge is 0.164 e. The van der Waals surface area contributed by atoms with Crippen molar-refractivity contribution in [2.24, 2.45) is 10.8 Å². The standard InChI is InChI=1S/C28H21N2O2.C15H28O2.Ir/c1-28(2,3)22-13-19(12-17-6-4-5-7-20(17)22)27-21-14-26(32-24(21)8-10-29-27)23-15-25-18(16-30-23)9-11-31-25;1-7-14(5,8-2)12(16)11-13(17)15(6,9-3)10-4;/h4-11,13-16H,1-3H3;11,16H,7-10H2,1-6H3;/q-1;;/b;12-11-;. The quantitative estimate of drug-likeness (QED) is 0.0885. The normalized spacial score (nSPS) is 12.5. The van der Waals surface area contributed by atoms with Crippen LogP contribution in [-0.2, 0) is 30.3 Å². The molecule has 0 unspecified atom stereocenters. The Morgan fingerprint density at radius 3 is 2.18 bits per heavy atom. The second-order valence-corrected chi connectivity index (χ2v) is 14.5. The summed E-state index contributed by atoms with van der Waals surface area (Å²) in [5.41, 5.74) is 4.75. The van der Waals surface area contributed by atoms with Gasteiger partial charge in [0.25, 0.3) is 0 Å². The molecule has 0 saturated heterocycles. The molecule has 7 heteroatoms. The number of allylic oxidation sites excluding steroid dienone is 2. The van der Waals surface area contributed by atoms with Crippen LogP contribution in [0.3, 0.4) is 0 Å². The summed E-state index contributed by atoms with van der Waals surface area (Å²) in [7, 11) is 0. The molecular formula is C43H49IrN2O4-. The molecule has 0 fully saturated rings. The fourth-order valence-electron chi connectivity index (χ4n) is 5.96. The van der Waals surface area contributed by atoms with E-state index in [0.717, 1.165) is 70.0 Å². The molecule has 0 bridgehead atoms. The number of carbonyl (C=O) groups excluding carboxylic acids is 1. The van der Waals surface area contributed by atoms with Crippen molar-refractivity contribution in [3.8, 4) is 22.7 Å². The largest absolute Gasteiger partial charge is 0.512 e. The third-order valence-electron chi connectivity index (χ3n) is 10.5. The number of benzene rings is 2. The Morgan fingerprint density at radius 2 is 1.52 bits per heavy atom. The minimum absolute atomic E-state index is 0. The van der Waals surface area contributed by atoms with E-state index in [1.54, 1.807) is 18.7 Å². The van der Waals surface area contributed by atoms with E-state index in [-0.39, 0.29) is 47.9 Å². The van der Waals surface area contributed by atoms with Crippen LogP contribution in [0.2, 0.25) is 0 Å². The molecule has 0 aliphatic carbocycles. The van der Waals surface area contributed by atoms with Crippen molar-refractivity contribution in [1.82, 2.24) is 9.97 Å². The van der Waals surface area contributed by atoms with Crippen LogP contribution in [-0.4, -0.2) is 20.9 Å². The molecule has 4 heterocycles. The molecular weight excluding hydrogens is 801 g/mol. The summed E-state index contributed by atoms with van der Waals surface area (Å²) in [4.78, 5) is 21.5. The van der Waals surface area contributed by atoms with Gasteiger partial charge in [-0.1, -0.05) is 91.5 Å². The third kappa shape index (κ3) is 7.80. The van der Waals surface area contributed by atoms with Gasteiger partial charge >= 0.3 is 0 Å². The van der Waals surface area contributed by atoms with E-state index >= 15 is 0 Å². The van der Waals surface area contributed by atoms with Gasteiger partial charge < -0.3 is 13.9 Å². The van der Waals surface area contributed by atoms with Crippen molar-refractivity contribution in [3.05, 3.63) is 96.7 Å². The number of furan rings is 2. The van der Waals surface area contributed by atoms with Crippen molar-refractivity contribution in [2.75, 3.05) is 0 Å². The summed E-state index contributed by atoms with van der Waals surface area (Å²) < 4.78 is 11.7. The Balaban J connectivity index is 0.000000269. The Kier molecular flexibility index (Phi) is 12.0. The zero-order chi connectivity index (χ0) is 35.6. The van der Waals surface area contributed by atoms with Crippen LogP contribution in [0.25, 0.3) is 55.4 Å². The maximum atomic E-state index is 12.2. The zero-order valence-electron chi connectivity index (χ0n) is 30.7. The number of carbonyl (C=O) groups is 1. The molecule has 0 spiro atoms. The average molecular weight is 850 g/mol. The van der Waals surface area contributed by atoms with Gasteiger partial charge in [0.05, 0.1) is 6.26 Å². The molecule has 265 valence electrons. The number of rotatable bonds is 9. The number of aliphatic hydroxyl groups is 1. The average Bonchev–Trinajstić information content (AvgIpc) is 3.77. The van der Waals surface area contributed by atoms with Gasteiger partial charge in [0.2, 0.25) is 0 Å². The van der Waals surface area contributed by atoms with Gasteiger partial charge in [-0.25, -0.2) is 0 Å². The van der Waals surface area contributed by atoms with Gasteiger partial charge in [0.15, 0.2) is 11.5 Å². The minimum atomic E-state index is -0.337. The van der Waals surface area contributed by atoms with Crippen LogP contribution in [0.5, 0.6) is 0 Å². The summed E-state index contributed by atoms with van der Waals surface area (Å²) in [6.45, 7) is 18.8. The van der Waals surface area contributed by atoms with Gasteiger partial charge in [0, 0.05) is 71.9 Å². The van der Waals surface area contributed by atoms with E-state index in [0.29, 0.717) is 5.76 Å². The monoisotopic (exact) mass is 850 g/mol. The van der Waals surface area contributed by atoms with E-state index in [2.05, 4.69) is 62.2 Å². The van der Waals surface area contributed by atoms with E-state index < -0.39 is 0 Å². The second kappa shape index (κ2) is 15.4. The topological polar surface area (TPSA) is 89.4 Å². The van der Waals surface area contributed by atoms with E-state index in [4.69, 9.17) is 13.8 Å².